The number of anilines is 1. The Labute approximate surface area is 121 Å². The van der Waals surface area contributed by atoms with E-state index >= 15 is 0 Å². The van der Waals surface area contributed by atoms with Crippen LogP contribution in [0, 0.1) is 6.92 Å². The largest absolute Gasteiger partial charge is 0.346 e. The van der Waals surface area contributed by atoms with Crippen LogP contribution in [0.15, 0.2) is 29.6 Å². The van der Waals surface area contributed by atoms with Crippen molar-refractivity contribution in [1.82, 2.24) is 14.6 Å². The predicted molar refractivity (Wildman–Crippen MR) is 81.3 cm³/mol. The Kier molecular flexibility index (Phi) is 2.73. The van der Waals surface area contributed by atoms with Gasteiger partial charge < -0.3 is 5.32 Å². The van der Waals surface area contributed by atoms with Crippen molar-refractivity contribution in [2.24, 2.45) is 0 Å². The van der Waals surface area contributed by atoms with E-state index in [0.29, 0.717) is 6.04 Å². The van der Waals surface area contributed by atoms with Crippen molar-refractivity contribution in [1.29, 1.82) is 0 Å². The van der Waals surface area contributed by atoms with Crippen molar-refractivity contribution in [3.05, 3.63) is 45.8 Å². The number of aryl methyl sites for hydroxylation is 2. The lowest BCUT2D eigenvalue weighted by molar-refractivity contribution is 0.604. The Hall–Kier alpha value is -1.88. The van der Waals surface area contributed by atoms with E-state index < -0.39 is 0 Å². The van der Waals surface area contributed by atoms with Gasteiger partial charge in [-0.2, -0.15) is 4.98 Å². The van der Waals surface area contributed by atoms with Gasteiger partial charge in [0.15, 0.2) is 5.65 Å². The van der Waals surface area contributed by atoms with Crippen LogP contribution in [0.3, 0.4) is 0 Å². The van der Waals surface area contributed by atoms with Gasteiger partial charge in [-0.15, -0.1) is 16.4 Å². The Morgan fingerprint density at radius 2 is 2.30 bits per heavy atom. The lowest BCUT2D eigenvalue weighted by Gasteiger charge is -2.22. The van der Waals surface area contributed by atoms with E-state index in [9.17, 15) is 0 Å². The van der Waals surface area contributed by atoms with Gasteiger partial charge in [0.2, 0.25) is 5.95 Å². The number of rotatable bonds is 2. The molecular weight excluding hydrogens is 268 g/mol. The van der Waals surface area contributed by atoms with Gasteiger partial charge in [-0.05, 0) is 55.3 Å². The van der Waals surface area contributed by atoms with E-state index in [4.69, 9.17) is 0 Å². The summed E-state index contributed by atoms with van der Waals surface area (Å²) in [5.74, 6) is 0.725. The standard InChI is InChI=1S/C15H16N4S/c1-10-4-2-7-14-17-15(18-19(10)14)16-12-5-3-6-13-11(12)8-9-20-13/h2,4,7-9,12H,3,5-6H2,1H3,(H,16,18). The average Bonchev–Trinajstić information content (AvgIpc) is 3.06. The number of fused-ring (bicyclic) bond motifs is 2. The summed E-state index contributed by atoms with van der Waals surface area (Å²) in [6.45, 7) is 2.04. The Bertz CT molecular complexity index is 758. The quantitative estimate of drug-likeness (QED) is 0.782. The predicted octanol–water partition coefficient (Wildman–Crippen LogP) is 3.59. The molecule has 0 radical (unpaired) electrons. The highest BCUT2D eigenvalue weighted by atomic mass is 32.1. The minimum Gasteiger partial charge on any atom is -0.346 e. The average molecular weight is 284 g/mol. The molecule has 0 aliphatic heterocycles. The molecule has 20 heavy (non-hydrogen) atoms. The Morgan fingerprint density at radius 1 is 1.35 bits per heavy atom. The van der Waals surface area contributed by atoms with Gasteiger partial charge in [-0.1, -0.05) is 6.07 Å². The van der Waals surface area contributed by atoms with Crippen LogP contribution in [-0.4, -0.2) is 14.6 Å². The van der Waals surface area contributed by atoms with Crippen molar-refractivity contribution in [2.45, 2.75) is 32.2 Å². The maximum atomic E-state index is 4.57. The first-order chi connectivity index (χ1) is 9.81. The van der Waals surface area contributed by atoms with E-state index in [0.717, 1.165) is 23.7 Å². The molecule has 0 bridgehead atoms. The SMILES string of the molecule is Cc1cccc2nc(NC3CCCc4sccc43)nn12. The third-order valence-electron chi connectivity index (χ3n) is 3.90. The number of aromatic nitrogens is 3. The molecule has 0 saturated carbocycles. The normalized spacial score (nSPS) is 18.1. The van der Waals surface area contributed by atoms with E-state index in [-0.39, 0.29) is 0 Å². The summed E-state index contributed by atoms with van der Waals surface area (Å²) in [7, 11) is 0. The summed E-state index contributed by atoms with van der Waals surface area (Å²) in [5, 5.41) is 10.3. The molecule has 4 nitrogen and oxygen atoms in total. The van der Waals surface area contributed by atoms with Gasteiger partial charge in [0.05, 0.1) is 6.04 Å². The van der Waals surface area contributed by atoms with E-state index in [1.54, 1.807) is 0 Å². The van der Waals surface area contributed by atoms with Gasteiger partial charge >= 0.3 is 0 Å². The minimum atomic E-state index is 0.350. The van der Waals surface area contributed by atoms with Gasteiger partial charge in [-0.25, -0.2) is 4.52 Å². The molecule has 0 amide bonds. The fourth-order valence-electron chi connectivity index (χ4n) is 2.89. The third kappa shape index (κ3) is 1.89. The fourth-order valence-corrected chi connectivity index (χ4v) is 3.88. The van der Waals surface area contributed by atoms with Gasteiger partial charge in [-0.3, -0.25) is 0 Å². The topological polar surface area (TPSA) is 42.2 Å². The molecule has 1 N–H and O–H groups in total. The molecule has 0 fully saturated rings. The first-order valence-corrected chi connectivity index (χ1v) is 7.84. The van der Waals surface area contributed by atoms with Crippen LogP contribution < -0.4 is 5.32 Å². The highest BCUT2D eigenvalue weighted by molar-refractivity contribution is 7.10. The van der Waals surface area contributed by atoms with Crippen molar-refractivity contribution in [2.75, 3.05) is 5.32 Å². The summed E-state index contributed by atoms with van der Waals surface area (Å²) in [6.07, 6.45) is 3.60. The molecule has 4 rings (SSSR count). The van der Waals surface area contributed by atoms with Crippen LogP contribution in [0.4, 0.5) is 5.95 Å². The molecule has 1 aliphatic carbocycles. The van der Waals surface area contributed by atoms with E-state index in [2.05, 4.69) is 26.8 Å². The van der Waals surface area contributed by atoms with Gasteiger partial charge in [0.1, 0.15) is 0 Å². The van der Waals surface area contributed by atoms with Crippen LogP contribution >= 0.6 is 11.3 Å². The zero-order chi connectivity index (χ0) is 13.5. The molecule has 3 aromatic rings. The van der Waals surface area contributed by atoms with Crippen molar-refractivity contribution in [3.8, 4) is 0 Å². The van der Waals surface area contributed by atoms with Crippen molar-refractivity contribution < 1.29 is 0 Å². The zero-order valence-electron chi connectivity index (χ0n) is 11.3. The number of nitrogens with zero attached hydrogens (tertiary/aromatic N) is 3. The smallest absolute Gasteiger partial charge is 0.243 e. The first-order valence-electron chi connectivity index (χ1n) is 6.96. The molecule has 0 aromatic carbocycles. The van der Waals surface area contributed by atoms with Gasteiger partial charge in [0.25, 0.3) is 0 Å². The summed E-state index contributed by atoms with van der Waals surface area (Å²) in [5.41, 5.74) is 3.42. The van der Waals surface area contributed by atoms with Crippen LogP contribution in [-0.2, 0) is 6.42 Å². The monoisotopic (exact) mass is 284 g/mol. The fraction of sp³-hybridized carbons (Fsp3) is 0.333. The van der Waals surface area contributed by atoms with Crippen LogP contribution in [0.5, 0.6) is 0 Å². The highest BCUT2D eigenvalue weighted by Gasteiger charge is 2.22. The van der Waals surface area contributed by atoms with E-state index in [1.165, 1.54) is 23.3 Å². The molecule has 0 spiro atoms. The molecule has 1 aliphatic rings. The van der Waals surface area contributed by atoms with Crippen molar-refractivity contribution >= 4 is 22.9 Å². The first kappa shape index (κ1) is 11.9. The summed E-state index contributed by atoms with van der Waals surface area (Å²) >= 11 is 1.86. The maximum Gasteiger partial charge on any atom is 0.243 e. The number of nitrogens with one attached hydrogen (secondary N) is 1. The minimum absolute atomic E-state index is 0.350. The molecule has 102 valence electrons. The molecule has 0 saturated heterocycles. The highest BCUT2D eigenvalue weighted by Crippen LogP contribution is 2.34. The zero-order valence-corrected chi connectivity index (χ0v) is 12.2. The van der Waals surface area contributed by atoms with Crippen molar-refractivity contribution in [3.63, 3.8) is 0 Å². The van der Waals surface area contributed by atoms with Crippen LogP contribution in [0.2, 0.25) is 0 Å². The molecule has 5 heteroatoms. The van der Waals surface area contributed by atoms with Gasteiger partial charge in [0, 0.05) is 10.6 Å². The second-order valence-electron chi connectivity index (χ2n) is 5.26. The molecular formula is C15H16N4S. The number of pyridine rings is 1. The summed E-state index contributed by atoms with van der Waals surface area (Å²) in [6, 6.07) is 8.63. The summed E-state index contributed by atoms with van der Waals surface area (Å²) in [4.78, 5) is 6.08. The summed E-state index contributed by atoms with van der Waals surface area (Å²) < 4.78 is 1.89. The van der Waals surface area contributed by atoms with Crippen LogP contribution in [0.25, 0.3) is 5.65 Å². The molecule has 1 atom stereocenters. The number of hydrogen-bond donors (Lipinski definition) is 1. The molecule has 3 aromatic heterocycles. The third-order valence-corrected chi connectivity index (χ3v) is 4.90. The second-order valence-corrected chi connectivity index (χ2v) is 6.26. The lowest BCUT2D eigenvalue weighted by Crippen LogP contribution is -2.16. The molecule has 3 heterocycles. The number of thiophene rings is 1. The van der Waals surface area contributed by atoms with Crippen LogP contribution in [0.1, 0.15) is 35.0 Å². The lowest BCUT2D eigenvalue weighted by atomic mass is 9.94. The Balaban J connectivity index is 1.67. The second kappa shape index (κ2) is 4.59. The molecule has 1 unspecified atom stereocenters. The number of hydrogen-bond acceptors (Lipinski definition) is 4. The maximum absolute atomic E-state index is 4.57. The van der Waals surface area contributed by atoms with E-state index in [1.807, 2.05) is 41.0 Å². The Morgan fingerprint density at radius 3 is 3.20 bits per heavy atom.